The number of ether oxygens (including phenoxy) is 2. The van der Waals surface area contributed by atoms with Crippen molar-refractivity contribution in [2.75, 3.05) is 6.61 Å². The predicted molar refractivity (Wildman–Crippen MR) is 84.0 cm³/mol. The molecule has 152 valence electrons. The Balaban J connectivity index is 3.96. The van der Waals surface area contributed by atoms with E-state index >= 15 is 0 Å². The minimum Gasteiger partial charge on any atom is -0.463 e. The molecule has 1 fully saturated rings. The van der Waals surface area contributed by atoms with Crippen LogP contribution >= 0.6 is 0 Å². The second-order valence-electron chi connectivity index (χ2n) is 6.47. The number of carbonyl (C=O) groups is 5. The summed E-state index contributed by atoms with van der Waals surface area (Å²) < 4.78 is 9.57. The van der Waals surface area contributed by atoms with Gasteiger partial charge in [-0.1, -0.05) is 0 Å². The molecule has 0 aromatic carbocycles. The molecule has 1 aliphatic rings. The van der Waals surface area contributed by atoms with E-state index in [1.807, 2.05) is 0 Å². The van der Waals surface area contributed by atoms with E-state index in [4.69, 9.17) is 4.74 Å². The Kier molecular flexibility index (Phi) is 5.82. The first-order valence-electron chi connectivity index (χ1n) is 7.79. The lowest BCUT2D eigenvalue weighted by Gasteiger charge is -2.59. The molecule has 1 aliphatic heterocycles. The van der Waals surface area contributed by atoms with Crippen LogP contribution in [-0.2, 0) is 33.4 Å². The fourth-order valence-corrected chi connectivity index (χ4v) is 3.31. The average Bonchev–Trinajstić information content (AvgIpc) is 2.53. The number of carbonyl (C=O) groups excluding carboxylic acids is 5. The fraction of sp³-hybridized carbons (Fsp3) is 0.688. The molecule has 1 heterocycles. The summed E-state index contributed by atoms with van der Waals surface area (Å²) in [5.74, 6) is -10.3. The van der Waals surface area contributed by atoms with Crippen molar-refractivity contribution in [2.45, 2.75) is 63.3 Å². The zero-order chi connectivity index (χ0) is 21.6. The van der Waals surface area contributed by atoms with Crippen LogP contribution in [-0.4, -0.2) is 84.8 Å². The SMILES string of the molecule is CC(=O)OC[C@H]1O[C@](O)(C(C)=O)[C@@](O)(C(C)=O)[C@](O)(C(C)=O)[C@]1(O)C(C)=O. The molecule has 11 heteroatoms. The normalized spacial score (nSPS) is 38.8. The first-order valence-corrected chi connectivity index (χ1v) is 7.79. The van der Waals surface area contributed by atoms with Gasteiger partial charge in [-0.15, -0.1) is 0 Å². The van der Waals surface area contributed by atoms with Gasteiger partial charge >= 0.3 is 5.97 Å². The molecule has 1 rings (SSSR count). The molecule has 0 aromatic rings. The van der Waals surface area contributed by atoms with Gasteiger partial charge in [0.15, 0.2) is 28.7 Å². The van der Waals surface area contributed by atoms with Gasteiger partial charge in [0.25, 0.3) is 5.79 Å². The van der Waals surface area contributed by atoms with Crippen LogP contribution < -0.4 is 0 Å². The number of hydrogen-bond acceptors (Lipinski definition) is 11. The smallest absolute Gasteiger partial charge is 0.302 e. The first kappa shape index (κ1) is 23.0. The van der Waals surface area contributed by atoms with Crippen LogP contribution in [0.2, 0.25) is 0 Å². The van der Waals surface area contributed by atoms with E-state index in [1.54, 1.807) is 0 Å². The Morgan fingerprint density at radius 2 is 1.22 bits per heavy atom. The molecule has 4 N–H and O–H groups in total. The largest absolute Gasteiger partial charge is 0.463 e. The summed E-state index contributed by atoms with van der Waals surface area (Å²) in [6.07, 6.45) is -2.18. The highest BCUT2D eigenvalue weighted by Crippen LogP contribution is 2.50. The Hall–Kier alpha value is -2.05. The van der Waals surface area contributed by atoms with Crippen LogP contribution in [0.3, 0.4) is 0 Å². The van der Waals surface area contributed by atoms with Crippen LogP contribution in [0, 0.1) is 0 Å². The van der Waals surface area contributed by atoms with Crippen LogP contribution in [0.15, 0.2) is 0 Å². The van der Waals surface area contributed by atoms with Crippen molar-refractivity contribution in [3.8, 4) is 0 Å². The number of rotatable bonds is 6. The molecule has 1 saturated heterocycles. The predicted octanol–water partition coefficient (Wildman–Crippen LogP) is -2.81. The number of hydrogen-bond donors (Lipinski definition) is 4. The lowest BCUT2D eigenvalue weighted by atomic mass is 9.57. The topological polar surface area (TPSA) is 185 Å². The zero-order valence-electron chi connectivity index (χ0n) is 15.4. The Bertz CT molecular complexity index is 715. The summed E-state index contributed by atoms with van der Waals surface area (Å²) in [6.45, 7) is 2.57. The van der Waals surface area contributed by atoms with E-state index in [-0.39, 0.29) is 0 Å². The van der Waals surface area contributed by atoms with Gasteiger partial charge in [0.1, 0.15) is 12.7 Å². The highest BCUT2D eigenvalue weighted by molar-refractivity contribution is 6.08. The maximum Gasteiger partial charge on any atom is 0.302 e. The van der Waals surface area contributed by atoms with E-state index in [1.165, 1.54) is 0 Å². The summed E-state index contributed by atoms with van der Waals surface area (Å²) in [6, 6.07) is 0. The summed E-state index contributed by atoms with van der Waals surface area (Å²) >= 11 is 0. The molecule has 27 heavy (non-hydrogen) atoms. The van der Waals surface area contributed by atoms with E-state index in [0.717, 1.165) is 6.92 Å². The summed E-state index contributed by atoms with van der Waals surface area (Å²) in [5, 5.41) is 43.5. The third-order valence-corrected chi connectivity index (χ3v) is 4.82. The third kappa shape index (κ3) is 2.74. The Morgan fingerprint density at radius 1 is 0.778 bits per heavy atom. The van der Waals surface area contributed by atoms with E-state index in [9.17, 15) is 44.4 Å². The highest BCUT2D eigenvalue weighted by Gasteiger charge is 2.83. The van der Waals surface area contributed by atoms with Gasteiger partial charge in [0.05, 0.1) is 0 Å². The number of ketones is 4. The minimum atomic E-state index is -3.75. The molecule has 5 atom stereocenters. The molecule has 0 aliphatic carbocycles. The van der Waals surface area contributed by atoms with Crippen molar-refractivity contribution in [3.63, 3.8) is 0 Å². The van der Waals surface area contributed by atoms with Gasteiger partial charge in [-0.25, -0.2) is 0 Å². The van der Waals surface area contributed by atoms with Gasteiger partial charge in [0.2, 0.25) is 11.2 Å². The van der Waals surface area contributed by atoms with E-state index in [0.29, 0.717) is 27.7 Å². The summed E-state index contributed by atoms with van der Waals surface area (Å²) in [4.78, 5) is 59.8. The molecule has 0 aromatic heterocycles. The second kappa shape index (κ2) is 6.84. The minimum absolute atomic E-state index is 0.609. The molecule has 0 bridgehead atoms. The molecule has 0 radical (unpaired) electrons. The Labute approximate surface area is 153 Å². The lowest BCUT2D eigenvalue weighted by molar-refractivity contribution is -0.390. The molecule has 0 amide bonds. The van der Waals surface area contributed by atoms with Gasteiger partial charge in [-0.05, 0) is 20.8 Å². The van der Waals surface area contributed by atoms with Crippen molar-refractivity contribution >= 4 is 29.1 Å². The van der Waals surface area contributed by atoms with Crippen molar-refractivity contribution in [3.05, 3.63) is 0 Å². The molecule has 0 saturated carbocycles. The highest BCUT2D eigenvalue weighted by atomic mass is 16.7. The van der Waals surface area contributed by atoms with Crippen molar-refractivity contribution < 1.29 is 53.9 Å². The summed E-state index contributed by atoms with van der Waals surface area (Å²) in [5.41, 5.74) is -10.8. The molecule has 0 unspecified atom stereocenters. The first-order chi connectivity index (χ1) is 12.0. The van der Waals surface area contributed by atoms with Crippen LogP contribution in [0.1, 0.15) is 34.6 Å². The van der Waals surface area contributed by atoms with Crippen molar-refractivity contribution in [1.82, 2.24) is 0 Å². The van der Waals surface area contributed by atoms with Crippen LogP contribution in [0.5, 0.6) is 0 Å². The monoisotopic (exact) mass is 390 g/mol. The van der Waals surface area contributed by atoms with Crippen molar-refractivity contribution in [2.24, 2.45) is 0 Å². The van der Waals surface area contributed by atoms with Crippen LogP contribution in [0.4, 0.5) is 0 Å². The number of aliphatic hydroxyl groups is 4. The molecular formula is C16H22O11. The maximum atomic E-state index is 12.3. The fourth-order valence-electron chi connectivity index (χ4n) is 3.31. The average molecular weight is 390 g/mol. The number of esters is 1. The lowest BCUT2D eigenvalue weighted by Crippen LogP contribution is -2.90. The van der Waals surface area contributed by atoms with Gasteiger partial charge < -0.3 is 29.9 Å². The van der Waals surface area contributed by atoms with Gasteiger partial charge in [-0.2, -0.15) is 0 Å². The molecule has 0 spiro atoms. The molecule has 11 nitrogen and oxygen atoms in total. The zero-order valence-corrected chi connectivity index (χ0v) is 15.4. The van der Waals surface area contributed by atoms with Gasteiger partial charge in [0, 0.05) is 13.8 Å². The second-order valence-corrected chi connectivity index (χ2v) is 6.47. The quantitative estimate of drug-likeness (QED) is 0.343. The van der Waals surface area contributed by atoms with Crippen molar-refractivity contribution in [1.29, 1.82) is 0 Å². The van der Waals surface area contributed by atoms with E-state index in [2.05, 4.69) is 4.74 Å². The third-order valence-electron chi connectivity index (χ3n) is 4.82. The maximum absolute atomic E-state index is 12.3. The summed E-state index contributed by atoms with van der Waals surface area (Å²) in [7, 11) is 0. The molecular weight excluding hydrogens is 368 g/mol. The van der Waals surface area contributed by atoms with Gasteiger partial charge in [-0.3, -0.25) is 24.0 Å². The van der Waals surface area contributed by atoms with Crippen LogP contribution in [0.25, 0.3) is 0 Å². The van der Waals surface area contributed by atoms with E-state index < -0.39 is 64.4 Å². The number of Topliss-reactive ketones (excluding diaryl/α,β-unsaturated/α-hetero) is 4. The Morgan fingerprint density at radius 3 is 1.52 bits per heavy atom. The standard InChI is InChI=1S/C16H22O11/c1-7(17)13(22)12(6-26-11(5)21)27-16(25,10(4)20)15(24,9(3)19)14(13,23)8(2)18/h12,22-25H,6H2,1-5H3/t12-,13+,14+,15-,16-/m1/s1.